The summed E-state index contributed by atoms with van der Waals surface area (Å²) in [6, 6.07) is 7.55. The first-order valence-corrected chi connectivity index (χ1v) is 8.80. The highest BCUT2D eigenvalue weighted by Crippen LogP contribution is 2.32. The molecule has 0 radical (unpaired) electrons. The first-order valence-electron chi connectivity index (χ1n) is 8.80. The molecule has 0 unspecified atom stereocenters. The molecule has 0 bridgehead atoms. The molecule has 0 aliphatic heterocycles. The van der Waals surface area contributed by atoms with E-state index in [2.05, 4.69) is 0 Å². The predicted molar refractivity (Wildman–Crippen MR) is 95.2 cm³/mol. The molecule has 2 rings (SSSR count). The summed E-state index contributed by atoms with van der Waals surface area (Å²) in [5, 5.41) is 8.62. The Morgan fingerprint density at radius 3 is 2.46 bits per heavy atom. The molecule has 0 aromatic heterocycles. The Hall–Kier alpha value is -1.81. The van der Waals surface area contributed by atoms with E-state index >= 15 is 0 Å². The van der Waals surface area contributed by atoms with Gasteiger partial charge in [0.1, 0.15) is 5.75 Å². The quantitative estimate of drug-likeness (QED) is 0.538. The lowest BCUT2D eigenvalue weighted by atomic mass is 9.80. The van der Waals surface area contributed by atoms with Gasteiger partial charge in [0, 0.05) is 19.8 Å². The molecule has 4 nitrogen and oxygen atoms in total. The van der Waals surface area contributed by atoms with Crippen LogP contribution in [0.15, 0.2) is 30.3 Å². The molecule has 0 saturated heterocycles. The number of carboxylic acids is 1. The molecule has 24 heavy (non-hydrogen) atoms. The summed E-state index contributed by atoms with van der Waals surface area (Å²) in [6.07, 6.45) is 10.3. The largest absolute Gasteiger partial charge is 0.493 e. The van der Waals surface area contributed by atoms with Crippen molar-refractivity contribution < 1.29 is 19.4 Å². The van der Waals surface area contributed by atoms with Crippen LogP contribution in [-0.2, 0) is 9.53 Å². The predicted octanol–water partition coefficient (Wildman–Crippen LogP) is 4.40. The van der Waals surface area contributed by atoms with Crippen molar-refractivity contribution in [3.05, 3.63) is 35.9 Å². The Bertz CT molecular complexity index is 513. The van der Waals surface area contributed by atoms with Crippen LogP contribution < -0.4 is 4.74 Å². The van der Waals surface area contributed by atoms with E-state index in [4.69, 9.17) is 14.6 Å². The average Bonchev–Trinajstić information content (AvgIpc) is 2.60. The second kappa shape index (κ2) is 10.1. The lowest BCUT2D eigenvalue weighted by Gasteiger charge is -2.28. The fourth-order valence-electron chi connectivity index (χ4n) is 3.26. The van der Waals surface area contributed by atoms with Crippen molar-refractivity contribution in [1.29, 1.82) is 0 Å². The van der Waals surface area contributed by atoms with Crippen molar-refractivity contribution in [2.75, 3.05) is 20.3 Å². The number of hydrogen-bond acceptors (Lipinski definition) is 3. The molecule has 1 saturated carbocycles. The number of benzene rings is 1. The zero-order valence-corrected chi connectivity index (χ0v) is 14.4. The van der Waals surface area contributed by atoms with Gasteiger partial charge in [-0.1, -0.05) is 25.0 Å². The van der Waals surface area contributed by atoms with E-state index in [9.17, 15) is 4.79 Å². The number of methoxy groups -OCH3 is 1. The van der Waals surface area contributed by atoms with E-state index in [-0.39, 0.29) is 0 Å². The maximum atomic E-state index is 10.5. The van der Waals surface area contributed by atoms with Gasteiger partial charge in [-0.3, -0.25) is 0 Å². The second-order valence-corrected chi connectivity index (χ2v) is 6.57. The van der Waals surface area contributed by atoms with Gasteiger partial charge >= 0.3 is 5.97 Å². The van der Waals surface area contributed by atoms with Crippen LogP contribution in [0.4, 0.5) is 0 Å². The molecule has 1 aromatic rings. The summed E-state index contributed by atoms with van der Waals surface area (Å²) in [5.41, 5.74) is 0.862. The average molecular weight is 332 g/mol. The minimum atomic E-state index is -0.937. The SMILES string of the molecule is COCCCC1CCC(COc2ccc(C=CC(=O)O)cc2)CC1. The lowest BCUT2D eigenvalue weighted by Crippen LogP contribution is -2.20. The number of carboxylic acid groups (broad SMARTS) is 1. The van der Waals surface area contributed by atoms with E-state index in [0.29, 0.717) is 5.92 Å². The Morgan fingerprint density at radius 1 is 1.17 bits per heavy atom. The molecule has 1 fully saturated rings. The number of carbonyl (C=O) groups is 1. The molecule has 1 aromatic carbocycles. The van der Waals surface area contributed by atoms with Gasteiger partial charge in [-0.25, -0.2) is 4.79 Å². The molecule has 1 aliphatic rings. The zero-order chi connectivity index (χ0) is 17.2. The molecule has 0 heterocycles. The Balaban J connectivity index is 1.68. The summed E-state index contributed by atoms with van der Waals surface area (Å²) in [6.45, 7) is 1.65. The highest BCUT2D eigenvalue weighted by atomic mass is 16.5. The minimum absolute atomic E-state index is 0.648. The van der Waals surface area contributed by atoms with Crippen molar-refractivity contribution in [1.82, 2.24) is 0 Å². The molecule has 0 atom stereocenters. The molecule has 4 heteroatoms. The van der Waals surface area contributed by atoms with Crippen LogP contribution in [0.2, 0.25) is 0 Å². The van der Waals surface area contributed by atoms with Gasteiger partial charge in [0.25, 0.3) is 0 Å². The smallest absolute Gasteiger partial charge is 0.328 e. The van der Waals surface area contributed by atoms with E-state index in [0.717, 1.165) is 36.5 Å². The van der Waals surface area contributed by atoms with Crippen molar-refractivity contribution in [3.8, 4) is 5.75 Å². The minimum Gasteiger partial charge on any atom is -0.493 e. The van der Waals surface area contributed by atoms with Gasteiger partial charge in [-0.05, 0) is 61.3 Å². The standard InChI is InChI=1S/C20H28O4/c1-23-14-2-3-16-4-6-18(7-5-16)15-24-19-11-8-17(9-12-19)10-13-20(21)22/h8-13,16,18H,2-7,14-15H2,1H3,(H,21,22). The summed E-state index contributed by atoms with van der Waals surface area (Å²) < 4.78 is 11.0. The lowest BCUT2D eigenvalue weighted by molar-refractivity contribution is -0.131. The zero-order valence-electron chi connectivity index (χ0n) is 14.4. The molecule has 0 spiro atoms. The van der Waals surface area contributed by atoms with Crippen LogP contribution in [0.25, 0.3) is 6.08 Å². The maximum Gasteiger partial charge on any atom is 0.328 e. The molecule has 1 N–H and O–H groups in total. The fourth-order valence-corrected chi connectivity index (χ4v) is 3.26. The van der Waals surface area contributed by atoms with E-state index in [1.165, 1.54) is 38.5 Å². The van der Waals surface area contributed by atoms with Crippen LogP contribution in [0, 0.1) is 11.8 Å². The Morgan fingerprint density at radius 2 is 1.83 bits per heavy atom. The summed E-state index contributed by atoms with van der Waals surface area (Å²) in [7, 11) is 1.77. The van der Waals surface area contributed by atoms with Gasteiger partial charge in [-0.2, -0.15) is 0 Å². The van der Waals surface area contributed by atoms with Gasteiger partial charge in [-0.15, -0.1) is 0 Å². The van der Waals surface area contributed by atoms with Crippen molar-refractivity contribution >= 4 is 12.0 Å². The summed E-state index contributed by atoms with van der Waals surface area (Å²) in [5.74, 6) is 1.42. The van der Waals surface area contributed by atoms with E-state index in [1.807, 2.05) is 24.3 Å². The molecular weight excluding hydrogens is 304 g/mol. The highest BCUT2D eigenvalue weighted by Gasteiger charge is 2.21. The van der Waals surface area contributed by atoms with Crippen LogP contribution in [0.5, 0.6) is 5.75 Å². The molecule has 1 aliphatic carbocycles. The van der Waals surface area contributed by atoms with E-state index < -0.39 is 5.97 Å². The Labute approximate surface area is 144 Å². The first-order chi connectivity index (χ1) is 11.7. The molecule has 132 valence electrons. The van der Waals surface area contributed by atoms with Crippen molar-refractivity contribution in [3.63, 3.8) is 0 Å². The monoisotopic (exact) mass is 332 g/mol. The fraction of sp³-hybridized carbons (Fsp3) is 0.550. The maximum absolute atomic E-state index is 10.5. The summed E-state index contributed by atoms with van der Waals surface area (Å²) >= 11 is 0. The topological polar surface area (TPSA) is 55.8 Å². The highest BCUT2D eigenvalue weighted by molar-refractivity contribution is 5.85. The van der Waals surface area contributed by atoms with Crippen LogP contribution >= 0.6 is 0 Å². The first kappa shape index (κ1) is 18.5. The van der Waals surface area contributed by atoms with Gasteiger partial charge in [0.05, 0.1) is 6.61 Å². The molecule has 0 amide bonds. The third-order valence-corrected chi connectivity index (χ3v) is 4.71. The van der Waals surface area contributed by atoms with Crippen molar-refractivity contribution in [2.24, 2.45) is 11.8 Å². The summed E-state index contributed by atoms with van der Waals surface area (Å²) in [4.78, 5) is 10.5. The van der Waals surface area contributed by atoms with Crippen LogP contribution in [0.3, 0.4) is 0 Å². The number of rotatable bonds is 9. The number of aliphatic carboxylic acids is 1. The molecular formula is C20H28O4. The number of ether oxygens (including phenoxy) is 2. The normalized spacial score (nSPS) is 21.0. The second-order valence-electron chi connectivity index (χ2n) is 6.57. The van der Waals surface area contributed by atoms with Gasteiger partial charge in [0.2, 0.25) is 0 Å². The third-order valence-electron chi connectivity index (χ3n) is 4.71. The Kier molecular flexibility index (Phi) is 7.83. The third kappa shape index (κ3) is 6.75. The number of hydrogen-bond donors (Lipinski definition) is 1. The van der Waals surface area contributed by atoms with E-state index in [1.54, 1.807) is 13.2 Å². The van der Waals surface area contributed by atoms with Gasteiger partial charge in [0.15, 0.2) is 0 Å². The van der Waals surface area contributed by atoms with Gasteiger partial charge < -0.3 is 14.6 Å². The van der Waals surface area contributed by atoms with Crippen LogP contribution in [-0.4, -0.2) is 31.4 Å². The van der Waals surface area contributed by atoms with Crippen molar-refractivity contribution in [2.45, 2.75) is 38.5 Å². The van der Waals surface area contributed by atoms with Crippen LogP contribution in [0.1, 0.15) is 44.1 Å².